The summed E-state index contributed by atoms with van der Waals surface area (Å²) in [5, 5.41) is 2.70. The largest absolute Gasteiger partial charge is 0.423 e. The van der Waals surface area contributed by atoms with Crippen LogP contribution in [0.2, 0.25) is 0 Å². The lowest BCUT2D eigenvalue weighted by Gasteiger charge is -2.28. The van der Waals surface area contributed by atoms with Crippen LogP contribution in [0.3, 0.4) is 0 Å². The lowest BCUT2D eigenvalue weighted by atomic mass is 10.1. The third-order valence-corrected chi connectivity index (χ3v) is 2.65. The Morgan fingerprint density at radius 3 is 1.95 bits per heavy atom. The van der Waals surface area contributed by atoms with Crippen LogP contribution in [0.1, 0.15) is 18.6 Å². The van der Waals surface area contributed by atoms with Gasteiger partial charge >= 0.3 is 12.4 Å². The van der Waals surface area contributed by atoms with Crippen molar-refractivity contribution in [3.05, 3.63) is 35.9 Å². The normalized spacial score (nSPS) is 14.5. The molecule has 0 fully saturated rings. The van der Waals surface area contributed by atoms with Gasteiger partial charge in [0.2, 0.25) is 6.10 Å². The van der Waals surface area contributed by atoms with Crippen molar-refractivity contribution in [2.45, 2.75) is 31.5 Å². The molecule has 1 rings (SSSR count). The third kappa shape index (κ3) is 5.55. The fourth-order valence-corrected chi connectivity index (χ4v) is 1.69. The van der Waals surface area contributed by atoms with Crippen molar-refractivity contribution in [1.29, 1.82) is 0 Å². The second kappa shape index (κ2) is 7.13. The Morgan fingerprint density at radius 1 is 1.00 bits per heavy atom. The smallest absolute Gasteiger partial charge is 0.351 e. The third-order valence-electron chi connectivity index (χ3n) is 2.65. The summed E-state index contributed by atoms with van der Waals surface area (Å²) in [4.78, 5) is 0. The number of hydrogen-bond donors (Lipinski definition) is 1. The molecule has 0 saturated carbocycles. The number of alkyl halides is 6. The maximum Gasteiger partial charge on any atom is 0.423 e. The molecule has 0 aliphatic heterocycles. The van der Waals surface area contributed by atoms with Crippen LogP contribution in [0.25, 0.3) is 0 Å². The molecule has 21 heavy (non-hydrogen) atoms. The lowest BCUT2D eigenvalue weighted by Crippen LogP contribution is -2.46. The van der Waals surface area contributed by atoms with Gasteiger partial charge in [0.1, 0.15) is 0 Å². The number of halogens is 6. The minimum absolute atomic E-state index is 0.150. The molecule has 1 aromatic rings. The van der Waals surface area contributed by atoms with Crippen molar-refractivity contribution in [2.24, 2.45) is 0 Å². The first-order valence-electron chi connectivity index (χ1n) is 6.20. The minimum atomic E-state index is -5.52. The van der Waals surface area contributed by atoms with Gasteiger partial charge in [-0.3, -0.25) is 0 Å². The van der Waals surface area contributed by atoms with E-state index >= 15 is 0 Å². The molecule has 0 spiro atoms. The first kappa shape index (κ1) is 17.8. The summed E-state index contributed by atoms with van der Waals surface area (Å²) in [5.41, 5.74) is 0.247. The highest BCUT2D eigenvalue weighted by molar-refractivity contribution is 5.18. The van der Waals surface area contributed by atoms with Gasteiger partial charge in [-0.1, -0.05) is 37.3 Å². The van der Waals surface area contributed by atoms with Gasteiger partial charge in [0, 0.05) is 6.54 Å². The van der Waals surface area contributed by atoms with E-state index in [1.54, 1.807) is 13.0 Å². The van der Waals surface area contributed by atoms with Crippen LogP contribution in [0, 0.1) is 0 Å². The van der Waals surface area contributed by atoms with Crippen LogP contribution in [-0.4, -0.2) is 31.5 Å². The second-order valence-electron chi connectivity index (χ2n) is 4.31. The topological polar surface area (TPSA) is 21.3 Å². The Kier molecular flexibility index (Phi) is 6.03. The van der Waals surface area contributed by atoms with Crippen molar-refractivity contribution in [3.8, 4) is 0 Å². The Bertz CT molecular complexity index is 403. The average molecular weight is 315 g/mol. The summed E-state index contributed by atoms with van der Waals surface area (Å²) >= 11 is 0. The number of nitrogens with one attached hydrogen (secondary N) is 1. The first-order valence-corrected chi connectivity index (χ1v) is 6.20. The summed E-state index contributed by atoms with van der Waals surface area (Å²) in [6.45, 7) is 1.94. The van der Waals surface area contributed by atoms with Gasteiger partial charge < -0.3 is 10.1 Å². The maximum atomic E-state index is 12.5. The maximum absolute atomic E-state index is 12.5. The monoisotopic (exact) mass is 315 g/mol. The van der Waals surface area contributed by atoms with Gasteiger partial charge in [0.25, 0.3) is 0 Å². The molecular weight excluding hydrogens is 300 g/mol. The van der Waals surface area contributed by atoms with E-state index in [-0.39, 0.29) is 12.1 Å². The second-order valence-corrected chi connectivity index (χ2v) is 4.31. The quantitative estimate of drug-likeness (QED) is 0.805. The van der Waals surface area contributed by atoms with E-state index in [1.807, 2.05) is 0 Å². The number of benzene rings is 1. The average Bonchev–Trinajstić information content (AvgIpc) is 2.37. The van der Waals surface area contributed by atoms with Gasteiger partial charge in [0.15, 0.2) is 0 Å². The summed E-state index contributed by atoms with van der Waals surface area (Å²) in [7, 11) is 0. The van der Waals surface area contributed by atoms with Crippen molar-refractivity contribution >= 4 is 0 Å². The highest BCUT2D eigenvalue weighted by atomic mass is 19.4. The lowest BCUT2D eigenvalue weighted by molar-refractivity contribution is -0.331. The number of ether oxygens (including phenoxy) is 1. The summed E-state index contributed by atoms with van der Waals surface area (Å²) < 4.78 is 79.6. The van der Waals surface area contributed by atoms with E-state index in [0.29, 0.717) is 6.54 Å². The molecule has 8 heteroatoms. The molecular formula is C13H15F6NO. The Morgan fingerprint density at radius 2 is 1.52 bits per heavy atom. The van der Waals surface area contributed by atoms with E-state index in [1.165, 1.54) is 24.3 Å². The van der Waals surface area contributed by atoms with E-state index in [0.717, 1.165) is 0 Å². The van der Waals surface area contributed by atoms with Crippen molar-refractivity contribution in [3.63, 3.8) is 0 Å². The zero-order valence-electron chi connectivity index (χ0n) is 11.1. The Hall–Kier alpha value is -1.28. The molecule has 0 saturated heterocycles. The molecule has 0 aliphatic carbocycles. The van der Waals surface area contributed by atoms with Crippen molar-refractivity contribution < 1.29 is 31.1 Å². The SMILES string of the molecule is CCNCC(OC(C(F)(F)F)C(F)(F)F)c1ccccc1. The molecule has 1 aromatic carbocycles. The molecule has 1 unspecified atom stereocenters. The molecule has 0 radical (unpaired) electrons. The van der Waals surface area contributed by atoms with E-state index < -0.39 is 24.6 Å². The predicted octanol–water partition coefficient (Wildman–Crippen LogP) is 3.85. The van der Waals surface area contributed by atoms with E-state index in [2.05, 4.69) is 10.1 Å². The zero-order chi connectivity index (χ0) is 16.1. The molecule has 120 valence electrons. The van der Waals surface area contributed by atoms with Crippen LogP contribution >= 0.6 is 0 Å². The standard InChI is InChI=1S/C13H15F6NO/c1-2-20-8-10(9-6-4-3-5-7-9)21-11(12(14,15)16)13(17,18)19/h3-7,10-11,20H,2,8H2,1H3. The molecule has 0 amide bonds. The van der Waals surface area contributed by atoms with Crippen LogP contribution in [0.4, 0.5) is 26.3 Å². The number of rotatable bonds is 6. The fraction of sp³-hybridized carbons (Fsp3) is 0.538. The molecule has 0 aliphatic rings. The van der Waals surface area contributed by atoms with Crippen LogP contribution in [0.5, 0.6) is 0 Å². The van der Waals surface area contributed by atoms with Crippen LogP contribution in [0.15, 0.2) is 30.3 Å². The van der Waals surface area contributed by atoms with Gasteiger partial charge in [-0.25, -0.2) is 0 Å². The molecule has 0 bridgehead atoms. The van der Waals surface area contributed by atoms with Crippen LogP contribution in [-0.2, 0) is 4.74 Å². The first-order chi connectivity index (χ1) is 9.66. The zero-order valence-corrected chi connectivity index (χ0v) is 11.1. The van der Waals surface area contributed by atoms with E-state index in [9.17, 15) is 26.3 Å². The van der Waals surface area contributed by atoms with Gasteiger partial charge in [-0.05, 0) is 12.1 Å². The van der Waals surface area contributed by atoms with Gasteiger partial charge in [-0.2, -0.15) is 26.3 Å². The van der Waals surface area contributed by atoms with Crippen molar-refractivity contribution in [1.82, 2.24) is 5.32 Å². The Labute approximate surface area is 118 Å². The summed E-state index contributed by atoms with van der Waals surface area (Å²) in [6, 6.07) is 7.50. The van der Waals surface area contributed by atoms with Crippen molar-refractivity contribution in [2.75, 3.05) is 13.1 Å². The van der Waals surface area contributed by atoms with Gasteiger partial charge in [0.05, 0.1) is 6.10 Å². The fourth-order valence-electron chi connectivity index (χ4n) is 1.69. The molecule has 0 heterocycles. The van der Waals surface area contributed by atoms with E-state index in [4.69, 9.17) is 0 Å². The summed E-state index contributed by atoms with van der Waals surface area (Å²) in [5.74, 6) is 0. The Balaban J connectivity index is 2.98. The minimum Gasteiger partial charge on any atom is -0.351 e. The molecule has 2 nitrogen and oxygen atoms in total. The molecule has 1 N–H and O–H groups in total. The number of hydrogen-bond acceptors (Lipinski definition) is 2. The van der Waals surface area contributed by atoms with Gasteiger partial charge in [-0.15, -0.1) is 0 Å². The highest BCUT2D eigenvalue weighted by Crippen LogP contribution is 2.38. The summed E-state index contributed by atoms with van der Waals surface area (Å²) in [6.07, 6.45) is -16.2. The number of likely N-dealkylation sites (N-methyl/N-ethyl adjacent to an activating group) is 1. The van der Waals surface area contributed by atoms with Crippen LogP contribution < -0.4 is 5.32 Å². The molecule has 0 aromatic heterocycles. The predicted molar refractivity (Wildman–Crippen MR) is 64.7 cm³/mol. The molecule has 1 atom stereocenters. The highest BCUT2D eigenvalue weighted by Gasteiger charge is 2.58.